The lowest BCUT2D eigenvalue weighted by Crippen LogP contribution is -2.52. The Hall–Kier alpha value is -0.120. The molecule has 2 bridgehead atoms. The van der Waals surface area contributed by atoms with Crippen LogP contribution in [0.15, 0.2) is 0 Å². The van der Waals surface area contributed by atoms with Crippen LogP contribution in [0.3, 0.4) is 0 Å². The van der Waals surface area contributed by atoms with Gasteiger partial charge >= 0.3 is 0 Å². The summed E-state index contributed by atoms with van der Waals surface area (Å²) < 4.78 is 6.26. The van der Waals surface area contributed by atoms with Gasteiger partial charge in [-0.15, -0.1) is 0 Å². The van der Waals surface area contributed by atoms with Gasteiger partial charge in [-0.05, 0) is 68.9 Å². The summed E-state index contributed by atoms with van der Waals surface area (Å²) in [5.74, 6) is 3.81. The van der Waals surface area contributed by atoms with E-state index in [2.05, 4.69) is 17.6 Å². The van der Waals surface area contributed by atoms with Crippen molar-refractivity contribution >= 4 is 0 Å². The van der Waals surface area contributed by atoms with Crippen LogP contribution in [-0.4, -0.2) is 31.5 Å². The Labute approximate surface area is 116 Å². The normalized spacial score (nSPS) is 52.6. The molecular formula is C16H28N2O. The van der Waals surface area contributed by atoms with Gasteiger partial charge < -0.3 is 10.1 Å². The molecule has 4 aliphatic rings. The molecule has 7 atom stereocenters. The van der Waals surface area contributed by atoms with Crippen molar-refractivity contribution in [3.05, 3.63) is 0 Å². The van der Waals surface area contributed by atoms with E-state index in [1.807, 2.05) is 0 Å². The fraction of sp³-hybridized carbons (Fsp3) is 1.00. The van der Waals surface area contributed by atoms with E-state index in [4.69, 9.17) is 4.74 Å². The van der Waals surface area contributed by atoms with Crippen molar-refractivity contribution < 1.29 is 4.74 Å². The Balaban J connectivity index is 1.46. The summed E-state index contributed by atoms with van der Waals surface area (Å²) in [5.41, 5.74) is 0. The maximum absolute atomic E-state index is 6.26. The van der Waals surface area contributed by atoms with Gasteiger partial charge in [-0.25, -0.2) is 0 Å². The molecule has 0 radical (unpaired) electrons. The van der Waals surface area contributed by atoms with E-state index in [1.54, 1.807) is 0 Å². The highest BCUT2D eigenvalue weighted by Gasteiger charge is 2.48. The Morgan fingerprint density at radius 3 is 2.84 bits per heavy atom. The summed E-state index contributed by atoms with van der Waals surface area (Å²) in [6.07, 6.45) is 8.90. The van der Waals surface area contributed by atoms with E-state index in [0.717, 1.165) is 23.7 Å². The minimum absolute atomic E-state index is 0.345. The molecule has 3 nitrogen and oxygen atoms in total. The van der Waals surface area contributed by atoms with Crippen molar-refractivity contribution in [3.63, 3.8) is 0 Å². The number of hydrogen-bond donors (Lipinski definition) is 2. The summed E-state index contributed by atoms with van der Waals surface area (Å²) in [6.45, 7) is 4.79. The summed E-state index contributed by atoms with van der Waals surface area (Å²) in [4.78, 5) is 0. The van der Waals surface area contributed by atoms with E-state index in [1.165, 1.54) is 51.6 Å². The average molecular weight is 264 g/mol. The Kier molecular flexibility index (Phi) is 3.33. The Morgan fingerprint density at radius 2 is 1.95 bits per heavy atom. The SMILES string of the molecule is CCCC1NC2CC3CC4CNCC(C4)C3CC2O1. The molecule has 19 heavy (non-hydrogen) atoms. The van der Waals surface area contributed by atoms with Crippen LogP contribution in [0.2, 0.25) is 0 Å². The lowest BCUT2D eigenvalue weighted by Gasteiger charge is -2.50. The second kappa shape index (κ2) is 5.01. The molecule has 2 aliphatic carbocycles. The lowest BCUT2D eigenvalue weighted by molar-refractivity contribution is -0.0376. The van der Waals surface area contributed by atoms with Crippen LogP contribution in [0.25, 0.3) is 0 Å². The van der Waals surface area contributed by atoms with Crippen molar-refractivity contribution in [1.29, 1.82) is 0 Å². The molecule has 7 unspecified atom stereocenters. The molecule has 4 fully saturated rings. The predicted octanol–water partition coefficient (Wildman–Crippen LogP) is 2.13. The van der Waals surface area contributed by atoms with Gasteiger partial charge in [0.05, 0.1) is 6.10 Å². The van der Waals surface area contributed by atoms with Gasteiger partial charge in [0.15, 0.2) is 0 Å². The second-order valence-corrected chi connectivity index (χ2v) is 7.38. The molecule has 0 aromatic rings. The van der Waals surface area contributed by atoms with Gasteiger partial charge in [0.1, 0.15) is 6.23 Å². The highest BCUT2D eigenvalue weighted by Crippen LogP contribution is 2.48. The molecule has 4 rings (SSSR count). The maximum Gasteiger partial charge on any atom is 0.108 e. The topological polar surface area (TPSA) is 33.3 Å². The molecule has 0 aromatic heterocycles. The third-order valence-electron chi connectivity index (χ3n) is 6.12. The quantitative estimate of drug-likeness (QED) is 0.801. The molecule has 0 aromatic carbocycles. The van der Waals surface area contributed by atoms with Crippen LogP contribution < -0.4 is 10.6 Å². The number of ether oxygens (including phenoxy) is 1. The van der Waals surface area contributed by atoms with Gasteiger partial charge in [-0.3, -0.25) is 5.32 Å². The van der Waals surface area contributed by atoms with E-state index in [0.29, 0.717) is 18.4 Å². The third-order valence-corrected chi connectivity index (χ3v) is 6.12. The average Bonchev–Trinajstić information content (AvgIpc) is 2.79. The number of hydrogen-bond acceptors (Lipinski definition) is 3. The first kappa shape index (κ1) is 12.6. The third kappa shape index (κ3) is 2.24. The predicted molar refractivity (Wildman–Crippen MR) is 75.8 cm³/mol. The summed E-state index contributed by atoms with van der Waals surface area (Å²) in [7, 11) is 0. The lowest BCUT2D eigenvalue weighted by atomic mass is 9.60. The largest absolute Gasteiger partial charge is 0.359 e. The van der Waals surface area contributed by atoms with Gasteiger partial charge in [-0.1, -0.05) is 13.3 Å². The monoisotopic (exact) mass is 264 g/mol. The van der Waals surface area contributed by atoms with Gasteiger partial charge in [0.2, 0.25) is 0 Å². The number of rotatable bonds is 2. The van der Waals surface area contributed by atoms with Crippen LogP contribution in [0.4, 0.5) is 0 Å². The van der Waals surface area contributed by atoms with Crippen molar-refractivity contribution in [2.24, 2.45) is 23.7 Å². The van der Waals surface area contributed by atoms with Gasteiger partial charge in [0.25, 0.3) is 0 Å². The number of fused-ring (bicyclic) bond motifs is 5. The first-order valence-electron chi connectivity index (χ1n) is 8.45. The molecule has 108 valence electrons. The van der Waals surface area contributed by atoms with Crippen molar-refractivity contribution in [1.82, 2.24) is 10.6 Å². The minimum Gasteiger partial charge on any atom is -0.359 e. The summed E-state index contributed by atoms with van der Waals surface area (Å²) in [5, 5.41) is 7.41. The fourth-order valence-electron chi connectivity index (χ4n) is 5.36. The Morgan fingerprint density at radius 1 is 1.05 bits per heavy atom. The number of piperidine rings is 1. The molecule has 3 heteroatoms. The highest BCUT2D eigenvalue weighted by atomic mass is 16.5. The fourth-order valence-corrected chi connectivity index (χ4v) is 5.36. The minimum atomic E-state index is 0.345. The van der Waals surface area contributed by atoms with E-state index >= 15 is 0 Å². The van der Waals surface area contributed by atoms with E-state index < -0.39 is 0 Å². The van der Waals surface area contributed by atoms with Crippen LogP contribution in [0.1, 0.15) is 45.4 Å². The zero-order valence-corrected chi connectivity index (χ0v) is 12.1. The first-order valence-corrected chi connectivity index (χ1v) is 8.45. The zero-order valence-electron chi connectivity index (χ0n) is 12.1. The summed E-state index contributed by atoms with van der Waals surface area (Å²) >= 11 is 0. The van der Waals surface area contributed by atoms with Crippen molar-refractivity contribution in [2.75, 3.05) is 13.1 Å². The van der Waals surface area contributed by atoms with Crippen LogP contribution in [0.5, 0.6) is 0 Å². The zero-order chi connectivity index (χ0) is 12.8. The van der Waals surface area contributed by atoms with E-state index in [9.17, 15) is 0 Å². The molecule has 0 amide bonds. The summed E-state index contributed by atoms with van der Waals surface area (Å²) in [6, 6.07) is 0.657. The smallest absolute Gasteiger partial charge is 0.108 e. The Bertz CT molecular complexity index is 335. The van der Waals surface area contributed by atoms with Crippen molar-refractivity contribution in [3.8, 4) is 0 Å². The molecule has 0 spiro atoms. The van der Waals surface area contributed by atoms with Crippen molar-refractivity contribution in [2.45, 2.75) is 63.8 Å². The molecule has 2 aliphatic heterocycles. The maximum atomic E-state index is 6.26. The van der Waals surface area contributed by atoms with Gasteiger partial charge in [0, 0.05) is 6.04 Å². The first-order chi connectivity index (χ1) is 9.33. The van der Waals surface area contributed by atoms with Crippen LogP contribution in [-0.2, 0) is 4.74 Å². The highest BCUT2D eigenvalue weighted by molar-refractivity contribution is 5.01. The standard InChI is InChI=1S/C16H28N2O/c1-2-3-16-18-14-6-11-4-10-5-12(9-17-8-10)13(11)7-15(14)19-16/h10-18H,2-9H2,1H3. The second-order valence-electron chi connectivity index (χ2n) is 7.38. The van der Waals surface area contributed by atoms with Crippen LogP contribution in [0, 0.1) is 23.7 Å². The molecular weight excluding hydrogens is 236 g/mol. The van der Waals surface area contributed by atoms with Gasteiger partial charge in [-0.2, -0.15) is 0 Å². The molecule has 2 heterocycles. The van der Waals surface area contributed by atoms with Crippen LogP contribution >= 0.6 is 0 Å². The molecule has 2 saturated heterocycles. The van der Waals surface area contributed by atoms with E-state index in [-0.39, 0.29) is 0 Å². The molecule has 2 saturated carbocycles. The number of nitrogens with one attached hydrogen (secondary N) is 2. The molecule has 2 N–H and O–H groups in total.